The van der Waals surface area contributed by atoms with Crippen molar-refractivity contribution in [3.8, 4) is 0 Å². The van der Waals surface area contributed by atoms with E-state index >= 15 is 0 Å². The van der Waals surface area contributed by atoms with E-state index in [4.69, 9.17) is 5.73 Å². The Labute approximate surface area is 123 Å². The van der Waals surface area contributed by atoms with Crippen LogP contribution in [0, 0.1) is 12.7 Å². The summed E-state index contributed by atoms with van der Waals surface area (Å²) >= 11 is 3.08. The second kappa shape index (κ2) is 5.62. The van der Waals surface area contributed by atoms with Crippen LogP contribution in [0.5, 0.6) is 0 Å². The number of aromatic nitrogens is 2. The van der Waals surface area contributed by atoms with Crippen LogP contribution in [0.4, 0.5) is 15.8 Å². The van der Waals surface area contributed by atoms with Crippen LogP contribution in [0.2, 0.25) is 0 Å². The number of carbonyl (C=O) groups excluding carboxylic acids is 1. The van der Waals surface area contributed by atoms with Gasteiger partial charge in [0.2, 0.25) is 0 Å². The molecule has 0 aliphatic rings. The highest BCUT2D eigenvalue weighted by Crippen LogP contribution is 2.25. The molecule has 106 valence electrons. The van der Waals surface area contributed by atoms with E-state index < -0.39 is 5.91 Å². The van der Waals surface area contributed by atoms with Gasteiger partial charge in [0.25, 0.3) is 5.91 Å². The van der Waals surface area contributed by atoms with Crippen molar-refractivity contribution >= 4 is 33.2 Å². The fourth-order valence-electron chi connectivity index (χ4n) is 1.79. The molecule has 0 atom stereocenters. The Kier molecular flexibility index (Phi) is 4.08. The predicted molar refractivity (Wildman–Crippen MR) is 79.2 cm³/mol. The zero-order chi connectivity index (χ0) is 14.9. The summed E-state index contributed by atoms with van der Waals surface area (Å²) in [6.07, 6.45) is 0.660. The van der Waals surface area contributed by atoms with Gasteiger partial charge in [0.15, 0.2) is 5.69 Å². The monoisotopic (exact) mass is 340 g/mol. The molecule has 0 bridgehead atoms. The lowest BCUT2D eigenvalue weighted by Crippen LogP contribution is -2.15. The van der Waals surface area contributed by atoms with Gasteiger partial charge in [-0.1, -0.05) is 6.92 Å². The number of nitrogen functional groups attached to an aromatic ring is 1. The van der Waals surface area contributed by atoms with Crippen LogP contribution >= 0.6 is 15.9 Å². The van der Waals surface area contributed by atoms with E-state index in [9.17, 15) is 9.18 Å². The average molecular weight is 341 g/mol. The van der Waals surface area contributed by atoms with E-state index in [1.54, 1.807) is 6.92 Å². The summed E-state index contributed by atoms with van der Waals surface area (Å²) in [5, 5.41) is 9.30. The summed E-state index contributed by atoms with van der Waals surface area (Å²) in [6.45, 7) is 3.61. The third-order valence-electron chi connectivity index (χ3n) is 2.97. The summed E-state index contributed by atoms with van der Waals surface area (Å²) in [4.78, 5) is 12.1. The van der Waals surface area contributed by atoms with E-state index in [2.05, 4.69) is 31.4 Å². The third-order valence-corrected chi connectivity index (χ3v) is 3.57. The van der Waals surface area contributed by atoms with Gasteiger partial charge < -0.3 is 11.1 Å². The first-order valence-electron chi connectivity index (χ1n) is 6.03. The predicted octanol–water partition coefficient (Wildman–Crippen LogP) is 3.02. The molecule has 0 unspecified atom stereocenters. The van der Waals surface area contributed by atoms with Gasteiger partial charge in [0.1, 0.15) is 5.82 Å². The Bertz CT molecular complexity index is 669. The Morgan fingerprint density at radius 2 is 2.25 bits per heavy atom. The van der Waals surface area contributed by atoms with E-state index in [1.807, 2.05) is 6.92 Å². The number of carbonyl (C=O) groups is 1. The molecule has 0 spiro atoms. The molecule has 2 rings (SSSR count). The van der Waals surface area contributed by atoms with Crippen molar-refractivity contribution in [3.63, 3.8) is 0 Å². The van der Waals surface area contributed by atoms with E-state index in [0.717, 1.165) is 0 Å². The topological polar surface area (TPSA) is 83.8 Å². The number of rotatable bonds is 3. The zero-order valence-corrected chi connectivity index (χ0v) is 12.6. The van der Waals surface area contributed by atoms with Crippen molar-refractivity contribution in [1.29, 1.82) is 0 Å². The fraction of sp³-hybridized carbons (Fsp3) is 0.231. The van der Waals surface area contributed by atoms with Gasteiger partial charge in [-0.3, -0.25) is 9.89 Å². The largest absolute Gasteiger partial charge is 0.395 e. The highest BCUT2D eigenvalue weighted by Gasteiger charge is 2.17. The number of halogens is 2. The number of nitrogens with one attached hydrogen (secondary N) is 2. The molecule has 2 aromatic rings. The Balaban J connectivity index is 2.28. The van der Waals surface area contributed by atoms with Crippen LogP contribution < -0.4 is 11.1 Å². The maximum Gasteiger partial charge on any atom is 0.278 e. The van der Waals surface area contributed by atoms with Crippen LogP contribution in [0.1, 0.15) is 28.7 Å². The molecule has 1 aromatic carbocycles. The maximum atomic E-state index is 13.3. The summed E-state index contributed by atoms with van der Waals surface area (Å²) in [5.41, 5.74) is 8.15. The first-order chi connectivity index (χ1) is 9.43. The molecule has 20 heavy (non-hydrogen) atoms. The Morgan fingerprint density at radius 3 is 2.85 bits per heavy atom. The molecule has 0 saturated heterocycles. The Morgan fingerprint density at radius 1 is 1.55 bits per heavy atom. The molecule has 0 saturated carbocycles. The van der Waals surface area contributed by atoms with E-state index in [-0.39, 0.29) is 16.0 Å². The second-order valence-corrected chi connectivity index (χ2v) is 5.21. The van der Waals surface area contributed by atoms with E-state index in [0.29, 0.717) is 29.1 Å². The average Bonchev–Trinajstić information content (AvgIpc) is 2.77. The number of benzene rings is 1. The van der Waals surface area contributed by atoms with Crippen LogP contribution in [-0.2, 0) is 6.42 Å². The quantitative estimate of drug-likeness (QED) is 0.802. The molecule has 0 radical (unpaired) electrons. The van der Waals surface area contributed by atoms with Gasteiger partial charge >= 0.3 is 0 Å². The Hall–Kier alpha value is -1.89. The lowest BCUT2D eigenvalue weighted by molar-refractivity contribution is 0.102. The highest BCUT2D eigenvalue weighted by atomic mass is 79.9. The van der Waals surface area contributed by atoms with Crippen LogP contribution in [0.3, 0.4) is 0 Å². The normalized spacial score (nSPS) is 10.6. The van der Waals surface area contributed by atoms with Crippen LogP contribution in [0.15, 0.2) is 16.6 Å². The minimum Gasteiger partial charge on any atom is -0.395 e. The molecule has 1 heterocycles. The molecule has 7 heteroatoms. The lowest BCUT2D eigenvalue weighted by atomic mass is 10.2. The fourth-order valence-corrected chi connectivity index (χ4v) is 2.14. The summed E-state index contributed by atoms with van der Waals surface area (Å²) in [7, 11) is 0. The zero-order valence-electron chi connectivity index (χ0n) is 11.1. The van der Waals surface area contributed by atoms with Gasteiger partial charge in [-0.25, -0.2) is 4.39 Å². The number of aryl methyl sites for hydroxylation is 2. The molecule has 1 amide bonds. The van der Waals surface area contributed by atoms with Crippen molar-refractivity contribution in [1.82, 2.24) is 10.2 Å². The van der Waals surface area contributed by atoms with Crippen molar-refractivity contribution < 1.29 is 9.18 Å². The first kappa shape index (κ1) is 14.5. The molecule has 0 aliphatic carbocycles. The van der Waals surface area contributed by atoms with Crippen LogP contribution in [0.25, 0.3) is 0 Å². The van der Waals surface area contributed by atoms with Crippen molar-refractivity contribution in [2.45, 2.75) is 20.3 Å². The maximum absolute atomic E-state index is 13.3. The molecule has 4 N–H and O–H groups in total. The number of aromatic amines is 1. The smallest absolute Gasteiger partial charge is 0.278 e. The molecule has 1 aromatic heterocycles. The summed E-state index contributed by atoms with van der Waals surface area (Å²) in [5.74, 6) is -0.812. The molecular weight excluding hydrogens is 327 g/mol. The van der Waals surface area contributed by atoms with Gasteiger partial charge in [0.05, 0.1) is 15.9 Å². The van der Waals surface area contributed by atoms with Crippen molar-refractivity contribution in [2.75, 3.05) is 11.1 Å². The minimum absolute atomic E-state index is 0.140. The number of anilines is 2. The molecule has 0 aliphatic heterocycles. The number of amides is 1. The number of nitrogens with two attached hydrogens (primary N) is 1. The molecular formula is C13H14BrFN4O. The first-order valence-corrected chi connectivity index (χ1v) is 6.83. The summed E-state index contributed by atoms with van der Waals surface area (Å²) in [6, 6.07) is 2.84. The second-order valence-electron chi connectivity index (χ2n) is 4.35. The number of H-pyrrole nitrogens is 1. The van der Waals surface area contributed by atoms with Gasteiger partial charge in [-0.05, 0) is 47.0 Å². The number of hydrogen-bond donors (Lipinski definition) is 3. The minimum atomic E-state index is -0.431. The highest BCUT2D eigenvalue weighted by molar-refractivity contribution is 9.10. The standard InChI is InChI=1S/C13H14BrFN4O/c1-3-9-11(16)12(19-18-9)13(20)17-10-5-7(14)8(15)4-6(10)2/h4-5H,3,16H2,1-2H3,(H,17,20)(H,18,19). The SMILES string of the molecule is CCc1[nH]nc(C(=O)Nc2cc(Br)c(F)cc2C)c1N. The molecule has 5 nitrogen and oxygen atoms in total. The molecule has 0 fully saturated rings. The number of nitrogens with zero attached hydrogens (tertiary/aromatic N) is 1. The van der Waals surface area contributed by atoms with Crippen molar-refractivity contribution in [2.24, 2.45) is 0 Å². The van der Waals surface area contributed by atoms with Gasteiger partial charge in [-0.15, -0.1) is 0 Å². The van der Waals surface area contributed by atoms with Gasteiger partial charge in [0, 0.05) is 5.69 Å². The van der Waals surface area contributed by atoms with E-state index in [1.165, 1.54) is 12.1 Å². The van der Waals surface area contributed by atoms with Crippen LogP contribution in [-0.4, -0.2) is 16.1 Å². The third kappa shape index (κ3) is 2.67. The summed E-state index contributed by atoms with van der Waals surface area (Å²) < 4.78 is 13.6. The lowest BCUT2D eigenvalue weighted by Gasteiger charge is -2.08. The van der Waals surface area contributed by atoms with Gasteiger partial charge in [-0.2, -0.15) is 5.10 Å². The van der Waals surface area contributed by atoms with Crippen molar-refractivity contribution in [3.05, 3.63) is 39.4 Å². The number of hydrogen-bond acceptors (Lipinski definition) is 3.